The molecule has 1 aliphatic heterocycles. The zero-order valence-electron chi connectivity index (χ0n) is 11.3. The second-order valence-electron chi connectivity index (χ2n) is 4.90. The van der Waals surface area contributed by atoms with Crippen molar-refractivity contribution in [2.75, 3.05) is 25.0 Å². The number of carbonyl (C=O) groups is 2. The normalized spacial score (nSPS) is 15.1. The largest absolute Gasteiger partial charge is 0.376 e. The first-order valence-electron chi connectivity index (χ1n) is 6.80. The van der Waals surface area contributed by atoms with Crippen LogP contribution in [0.25, 0.3) is 0 Å². The van der Waals surface area contributed by atoms with Gasteiger partial charge in [0.25, 0.3) is 0 Å². The minimum atomic E-state index is 0.00789. The molecule has 1 aromatic carbocycles. The van der Waals surface area contributed by atoms with E-state index in [1.54, 1.807) is 6.07 Å². The van der Waals surface area contributed by atoms with Crippen LogP contribution in [0.4, 0.5) is 5.69 Å². The van der Waals surface area contributed by atoms with E-state index < -0.39 is 0 Å². The number of likely N-dealkylation sites (tertiary alicyclic amines) is 1. The summed E-state index contributed by atoms with van der Waals surface area (Å²) in [5, 5.41) is 3.08. The molecular formula is C15H20N2O2. The van der Waals surface area contributed by atoms with Gasteiger partial charge in [0.1, 0.15) is 0 Å². The van der Waals surface area contributed by atoms with Crippen LogP contribution in [0.1, 0.15) is 36.5 Å². The van der Waals surface area contributed by atoms with Crippen LogP contribution < -0.4 is 5.32 Å². The smallest absolute Gasteiger partial charge is 0.241 e. The number of Topliss-reactive ketones (excluding diaryl/α,β-unsaturated/α-hetero) is 1. The van der Waals surface area contributed by atoms with Crippen LogP contribution in [0.3, 0.4) is 0 Å². The molecule has 1 saturated heterocycles. The van der Waals surface area contributed by atoms with Crippen LogP contribution in [-0.4, -0.2) is 36.2 Å². The van der Waals surface area contributed by atoms with Crippen LogP contribution in [0.15, 0.2) is 24.3 Å². The van der Waals surface area contributed by atoms with Gasteiger partial charge in [-0.2, -0.15) is 0 Å². The van der Waals surface area contributed by atoms with Crippen LogP contribution in [-0.2, 0) is 4.79 Å². The Balaban J connectivity index is 1.94. The molecule has 1 heterocycles. The molecule has 0 aromatic heterocycles. The lowest BCUT2D eigenvalue weighted by Gasteiger charge is -2.27. The number of hydrogen-bond donors (Lipinski definition) is 1. The summed E-state index contributed by atoms with van der Waals surface area (Å²) in [5.41, 5.74) is 1.37. The third kappa shape index (κ3) is 3.56. The highest BCUT2D eigenvalue weighted by molar-refractivity contribution is 6.00. The molecule has 0 aliphatic carbocycles. The molecule has 1 aromatic rings. The number of rotatable bonds is 4. The molecule has 4 nitrogen and oxygen atoms in total. The first-order valence-corrected chi connectivity index (χ1v) is 6.80. The molecule has 0 spiro atoms. The van der Waals surface area contributed by atoms with Gasteiger partial charge in [0, 0.05) is 24.3 Å². The van der Waals surface area contributed by atoms with Gasteiger partial charge in [-0.15, -0.1) is 0 Å². The van der Waals surface area contributed by atoms with Crippen LogP contribution in [0, 0.1) is 0 Å². The van der Waals surface area contributed by atoms with E-state index >= 15 is 0 Å². The molecule has 1 aliphatic rings. The van der Waals surface area contributed by atoms with E-state index in [1.165, 1.54) is 13.3 Å². The van der Waals surface area contributed by atoms with Crippen LogP contribution in [0.5, 0.6) is 0 Å². The topological polar surface area (TPSA) is 49.4 Å². The number of hydrogen-bond acceptors (Lipinski definition) is 3. The van der Waals surface area contributed by atoms with Gasteiger partial charge in [0.2, 0.25) is 5.91 Å². The fourth-order valence-electron chi connectivity index (χ4n) is 2.37. The van der Waals surface area contributed by atoms with Crippen LogP contribution >= 0.6 is 0 Å². The highest BCUT2D eigenvalue weighted by atomic mass is 16.2. The number of nitrogens with one attached hydrogen (secondary N) is 1. The minimum absolute atomic E-state index is 0.00789. The Morgan fingerprint density at radius 3 is 2.53 bits per heavy atom. The maximum Gasteiger partial charge on any atom is 0.241 e. The Labute approximate surface area is 113 Å². The lowest BCUT2D eigenvalue weighted by atomic mass is 10.1. The Morgan fingerprint density at radius 1 is 1.16 bits per heavy atom. The van der Waals surface area contributed by atoms with E-state index in [-0.39, 0.29) is 18.2 Å². The number of para-hydroxylation sites is 1. The summed E-state index contributed by atoms with van der Waals surface area (Å²) in [6.45, 7) is 3.50. The minimum Gasteiger partial charge on any atom is -0.376 e. The number of piperidine rings is 1. The molecule has 102 valence electrons. The molecule has 0 atom stereocenters. The van der Waals surface area contributed by atoms with Gasteiger partial charge < -0.3 is 10.2 Å². The van der Waals surface area contributed by atoms with Gasteiger partial charge in [-0.3, -0.25) is 9.59 Å². The van der Waals surface area contributed by atoms with Crippen molar-refractivity contribution in [1.82, 2.24) is 4.90 Å². The van der Waals surface area contributed by atoms with Crippen molar-refractivity contribution in [3.05, 3.63) is 29.8 Å². The third-order valence-electron chi connectivity index (χ3n) is 3.45. The number of amides is 1. The van der Waals surface area contributed by atoms with Crippen LogP contribution in [0.2, 0.25) is 0 Å². The fraction of sp³-hybridized carbons (Fsp3) is 0.467. The quantitative estimate of drug-likeness (QED) is 0.845. The number of carbonyl (C=O) groups excluding carboxylic acids is 2. The molecule has 0 radical (unpaired) electrons. The second kappa shape index (κ2) is 6.36. The zero-order valence-corrected chi connectivity index (χ0v) is 11.3. The molecule has 1 amide bonds. The fourth-order valence-corrected chi connectivity index (χ4v) is 2.37. The lowest BCUT2D eigenvalue weighted by molar-refractivity contribution is -0.130. The van der Waals surface area contributed by atoms with E-state index in [0.29, 0.717) is 5.56 Å². The molecule has 19 heavy (non-hydrogen) atoms. The zero-order chi connectivity index (χ0) is 13.7. The summed E-state index contributed by atoms with van der Waals surface area (Å²) < 4.78 is 0. The maximum atomic E-state index is 12.0. The van der Waals surface area contributed by atoms with E-state index in [2.05, 4.69) is 5.32 Å². The average Bonchev–Trinajstić information content (AvgIpc) is 2.46. The monoisotopic (exact) mass is 260 g/mol. The predicted octanol–water partition coefficient (Wildman–Crippen LogP) is 2.31. The third-order valence-corrected chi connectivity index (χ3v) is 3.45. The summed E-state index contributed by atoms with van der Waals surface area (Å²) >= 11 is 0. The standard InChI is InChI=1S/C15H20N2O2/c1-12(18)13-7-3-4-8-14(13)16-11-15(19)17-9-5-2-6-10-17/h3-4,7-8,16H,2,5-6,9-11H2,1H3. The van der Waals surface area contributed by atoms with Crippen molar-refractivity contribution in [3.8, 4) is 0 Å². The van der Waals surface area contributed by atoms with Crippen molar-refractivity contribution in [2.24, 2.45) is 0 Å². The van der Waals surface area contributed by atoms with Gasteiger partial charge in [0.05, 0.1) is 6.54 Å². The van der Waals surface area contributed by atoms with E-state index in [9.17, 15) is 9.59 Å². The van der Waals surface area contributed by atoms with E-state index in [1.807, 2.05) is 23.1 Å². The Morgan fingerprint density at radius 2 is 1.84 bits per heavy atom. The molecule has 0 unspecified atom stereocenters. The molecule has 1 fully saturated rings. The molecular weight excluding hydrogens is 240 g/mol. The maximum absolute atomic E-state index is 12.0. The van der Waals surface area contributed by atoms with Crippen molar-refractivity contribution in [2.45, 2.75) is 26.2 Å². The summed E-state index contributed by atoms with van der Waals surface area (Å²) in [7, 11) is 0. The predicted molar refractivity (Wildman–Crippen MR) is 75.4 cm³/mol. The summed E-state index contributed by atoms with van der Waals surface area (Å²) in [4.78, 5) is 25.4. The first-order chi connectivity index (χ1) is 9.18. The number of nitrogens with zero attached hydrogens (tertiary/aromatic N) is 1. The molecule has 2 rings (SSSR count). The molecule has 0 saturated carbocycles. The summed E-state index contributed by atoms with van der Waals surface area (Å²) in [6.07, 6.45) is 3.40. The molecule has 1 N–H and O–H groups in total. The van der Waals surface area contributed by atoms with Crippen molar-refractivity contribution < 1.29 is 9.59 Å². The van der Waals surface area contributed by atoms with Gasteiger partial charge in [-0.05, 0) is 38.3 Å². The number of anilines is 1. The van der Waals surface area contributed by atoms with Gasteiger partial charge in [-0.1, -0.05) is 12.1 Å². The Bertz CT molecular complexity index is 465. The lowest BCUT2D eigenvalue weighted by Crippen LogP contribution is -2.39. The molecule has 0 bridgehead atoms. The number of benzene rings is 1. The highest BCUT2D eigenvalue weighted by Crippen LogP contribution is 2.15. The van der Waals surface area contributed by atoms with E-state index in [0.717, 1.165) is 31.6 Å². The van der Waals surface area contributed by atoms with Crippen molar-refractivity contribution in [3.63, 3.8) is 0 Å². The average molecular weight is 260 g/mol. The number of ketones is 1. The molecule has 4 heteroatoms. The van der Waals surface area contributed by atoms with E-state index in [4.69, 9.17) is 0 Å². The Kier molecular flexibility index (Phi) is 4.55. The van der Waals surface area contributed by atoms with Crippen molar-refractivity contribution in [1.29, 1.82) is 0 Å². The summed E-state index contributed by atoms with van der Waals surface area (Å²) in [6, 6.07) is 7.30. The first kappa shape index (κ1) is 13.6. The van der Waals surface area contributed by atoms with Gasteiger partial charge in [0.15, 0.2) is 5.78 Å². The van der Waals surface area contributed by atoms with Gasteiger partial charge in [-0.25, -0.2) is 0 Å². The SMILES string of the molecule is CC(=O)c1ccccc1NCC(=O)N1CCCCC1. The summed E-state index contributed by atoms with van der Waals surface area (Å²) in [5.74, 6) is 0.117. The highest BCUT2D eigenvalue weighted by Gasteiger charge is 2.16. The van der Waals surface area contributed by atoms with Gasteiger partial charge >= 0.3 is 0 Å². The van der Waals surface area contributed by atoms with Crippen molar-refractivity contribution >= 4 is 17.4 Å². The Hall–Kier alpha value is -1.84. The second-order valence-corrected chi connectivity index (χ2v) is 4.90.